The molecule has 0 atom stereocenters. The molecule has 0 radical (unpaired) electrons. The first-order valence-corrected chi connectivity index (χ1v) is 6.15. The molecule has 0 saturated heterocycles. The number of phenolic OH excluding ortho intramolecular Hbond substituents is 1. The van der Waals surface area contributed by atoms with Gasteiger partial charge in [0, 0.05) is 0 Å². The van der Waals surface area contributed by atoms with Crippen LogP contribution in [0.3, 0.4) is 0 Å². The number of allylic oxidation sites excluding steroid dienone is 1. The standard InChI is InChI=1S/C17H16O2/c1-12-7-8-14(13(2)11-12)9-10-17(19)15-5-3-4-6-16(15)18/h3-11,18H,1-2H3. The minimum Gasteiger partial charge on any atom is -0.507 e. The highest BCUT2D eigenvalue weighted by Gasteiger charge is 2.06. The maximum absolute atomic E-state index is 12.0. The van der Waals surface area contributed by atoms with Gasteiger partial charge >= 0.3 is 0 Å². The number of hydrogen-bond donors (Lipinski definition) is 1. The molecule has 2 nitrogen and oxygen atoms in total. The van der Waals surface area contributed by atoms with Crippen molar-refractivity contribution in [2.45, 2.75) is 13.8 Å². The molecule has 0 aliphatic heterocycles. The molecule has 2 heteroatoms. The first kappa shape index (κ1) is 13.1. The normalized spacial score (nSPS) is 10.8. The highest BCUT2D eigenvalue weighted by molar-refractivity contribution is 6.08. The molecular formula is C17H16O2. The number of rotatable bonds is 3. The van der Waals surface area contributed by atoms with Crippen molar-refractivity contribution >= 4 is 11.9 Å². The van der Waals surface area contributed by atoms with Gasteiger partial charge in [-0.2, -0.15) is 0 Å². The quantitative estimate of drug-likeness (QED) is 0.664. The second kappa shape index (κ2) is 5.53. The van der Waals surface area contributed by atoms with E-state index in [-0.39, 0.29) is 11.5 Å². The lowest BCUT2D eigenvalue weighted by Gasteiger charge is -2.02. The fourth-order valence-electron chi connectivity index (χ4n) is 1.95. The van der Waals surface area contributed by atoms with Gasteiger partial charge in [0.1, 0.15) is 5.75 Å². The lowest BCUT2D eigenvalue weighted by atomic mass is 10.0. The Morgan fingerprint density at radius 3 is 2.53 bits per heavy atom. The lowest BCUT2D eigenvalue weighted by Crippen LogP contribution is -1.94. The van der Waals surface area contributed by atoms with Crippen molar-refractivity contribution in [1.29, 1.82) is 0 Å². The van der Waals surface area contributed by atoms with Crippen LogP contribution in [0.5, 0.6) is 5.75 Å². The largest absolute Gasteiger partial charge is 0.507 e. The van der Waals surface area contributed by atoms with Crippen LogP contribution in [0.15, 0.2) is 48.5 Å². The van der Waals surface area contributed by atoms with Gasteiger partial charge in [0.25, 0.3) is 0 Å². The Morgan fingerprint density at radius 1 is 1.11 bits per heavy atom. The second-order valence-electron chi connectivity index (χ2n) is 4.57. The Morgan fingerprint density at radius 2 is 1.84 bits per heavy atom. The number of aromatic hydroxyl groups is 1. The van der Waals surface area contributed by atoms with Gasteiger partial charge in [-0.15, -0.1) is 0 Å². The van der Waals surface area contributed by atoms with Gasteiger partial charge in [-0.1, -0.05) is 42.0 Å². The minimum atomic E-state index is -0.196. The van der Waals surface area contributed by atoms with Crippen LogP contribution in [0.1, 0.15) is 27.0 Å². The number of aryl methyl sites for hydroxylation is 2. The highest BCUT2D eigenvalue weighted by Crippen LogP contribution is 2.18. The molecule has 2 rings (SSSR count). The third-order valence-electron chi connectivity index (χ3n) is 3.01. The van der Waals surface area contributed by atoms with Crippen LogP contribution in [0, 0.1) is 13.8 Å². The van der Waals surface area contributed by atoms with Crippen molar-refractivity contribution in [2.24, 2.45) is 0 Å². The molecule has 0 aliphatic carbocycles. The molecule has 19 heavy (non-hydrogen) atoms. The number of carbonyl (C=O) groups is 1. The summed E-state index contributed by atoms with van der Waals surface area (Å²) in [5, 5.41) is 9.61. The van der Waals surface area contributed by atoms with Gasteiger partial charge < -0.3 is 5.11 Å². The van der Waals surface area contributed by atoms with E-state index >= 15 is 0 Å². The summed E-state index contributed by atoms with van der Waals surface area (Å²) in [5.41, 5.74) is 3.65. The van der Waals surface area contributed by atoms with E-state index in [0.29, 0.717) is 5.56 Å². The van der Waals surface area contributed by atoms with E-state index in [2.05, 4.69) is 6.07 Å². The maximum Gasteiger partial charge on any atom is 0.189 e. The molecule has 0 heterocycles. The number of phenols is 1. The number of benzene rings is 2. The molecule has 0 fully saturated rings. The predicted molar refractivity (Wildman–Crippen MR) is 77.4 cm³/mol. The van der Waals surface area contributed by atoms with Gasteiger partial charge in [-0.25, -0.2) is 0 Å². The molecule has 0 bridgehead atoms. The van der Waals surface area contributed by atoms with Crippen LogP contribution in [-0.4, -0.2) is 10.9 Å². The first-order chi connectivity index (χ1) is 9.08. The summed E-state index contributed by atoms with van der Waals surface area (Å²) in [6.07, 6.45) is 3.27. The van der Waals surface area contributed by atoms with Crippen LogP contribution in [0.25, 0.3) is 6.08 Å². The van der Waals surface area contributed by atoms with Crippen molar-refractivity contribution < 1.29 is 9.90 Å². The SMILES string of the molecule is Cc1ccc(C=CC(=O)c2ccccc2O)c(C)c1. The molecule has 0 unspecified atom stereocenters. The summed E-state index contributed by atoms with van der Waals surface area (Å²) in [7, 11) is 0. The average Bonchev–Trinajstić information content (AvgIpc) is 2.38. The molecule has 0 aliphatic rings. The van der Waals surface area contributed by atoms with E-state index in [9.17, 15) is 9.90 Å². The smallest absolute Gasteiger partial charge is 0.189 e. The number of hydrogen-bond acceptors (Lipinski definition) is 2. The molecule has 0 amide bonds. The molecule has 96 valence electrons. The fraction of sp³-hybridized carbons (Fsp3) is 0.118. The van der Waals surface area contributed by atoms with Gasteiger partial charge in [-0.3, -0.25) is 4.79 Å². The Balaban J connectivity index is 2.24. The van der Waals surface area contributed by atoms with E-state index < -0.39 is 0 Å². The summed E-state index contributed by atoms with van der Waals surface area (Å²) in [4.78, 5) is 12.0. The van der Waals surface area contributed by atoms with Gasteiger partial charge in [0.15, 0.2) is 5.78 Å². The monoisotopic (exact) mass is 252 g/mol. The summed E-state index contributed by atoms with van der Waals surface area (Å²) < 4.78 is 0. The number of carbonyl (C=O) groups excluding carboxylic acids is 1. The van der Waals surface area contributed by atoms with Crippen molar-refractivity contribution in [2.75, 3.05) is 0 Å². The van der Waals surface area contributed by atoms with Gasteiger partial charge in [-0.05, 0) is 43.2 Å². The zero-order valence-corrected chi connectivity index (χ0v) is 11.1. The van der Waals surface area contributed by atoms with Crippen molar-refractivity contribution in [3.05, 3.63) is 70.8 Å². The van der Waals surface area contributed by atoms with Crippen molar-refractivity contribution in [1.82, 2.24) is 0 Å². The molecular weight excluding hydrogens is 236 g/mol. The summed E-state index contributed by atoms with van der Waals surface area (Å²) in [6.45, 7) is 4.05. The lowest BCUT2D eigenvalue weighted by molar-refractivity contribution is 0.104. The third kappa shape index (κ3) is 3.10. The van der Waals surface area contributed by atoms with E-state index in [1.807, 2.05) is 26.0 Å². The van der Waals surface area contributed by atoms with Crippen molar-refractivity contribution in [3.8, 4) is 5.75 Å². The summed E-state index contributed by atoms with van der Waals surface area (Å²) in [6, 6.07) is 12.6. The van der Waals surface area contributed by atoms with Gasteiger partial charge in [0.2, 0.25) is 0 Å². The van der Waals surface area contributed by atoms with Crippen LogP contribution in [0.2, 0.25) is 0 Å². The molecule has 0 spiro atoms. The minimum absolute atomic E-state index is 0.0118. The highest BCUT2D eigenvalue weighted by atomic mass is 16.3. The average molecular weight is 252 g/mol. The molecule has 2 aromatic rings. The van der Waals surface area contributed by atoms with E-state index in [1.165, 1.54) is 17.7 Å². The predicted octanol–water partition coefficient (Wildman–Crippen LogP) is 3.91. The first-order valence-electron chi connectivity index (χ1n) is 6.15. The topological polar surface area (TPSA) is 37.3 Å². The van der Waals surface area contributed by atoms with Crippen LogP contribution in [-0.2, 0) is 0 Å². The number of para-hydroxylation sites is 1. The third-order valence-corrected chi connectivity index (χ3v) is 3.01. The van der Waals surface area contributed by atoms with Crippen LogP contribution >= 0.6 is 0 Å². The Hall–Kier alpha value is -2.35. The van der Waals surface area contributed by atoms with E-state index in [1.54, 1.807) is 24.3 Å². The molecule has 1 N–H and O–H groups in total. The summed E-state index contributed by atoms with van der Waals surface area (Å²) >= 11 is 0. The van der Waals surface area contributed by atoms with Crippen molar-refractivity contribution in [3.63, 3.8) is 0 Å². The van der Waals surface area contributed by atoms with Gasteiger partial charge in [0.05, 0.1) is 5.56 Å². The zero-order valence-electron chi connectivity index (χ0n) is 11.1. The Kier molecular flexibility index (Phi) is 3.81. The van der Waals surface area contributed by atoms with Crippen LogP contribution in [0.4, 0.5) is 0 Å². The zero-order chi connectivity index (χ0) is 13.8. The maximum atomic E-state index is 12.0. The van der Waals surface area contributed by atoms with Crippen LogP contribution < -0.4 is 0 Å². The molecule has 0 aromatic heterocycles. The van der Waals surface area contributed by atoms with E-state index in [4.69, 9.17) is 0 Å². The Labute approximate surface area is 113 Å². The van der Waals surface area contributed by atoms with E-state index in [0.717, 1.165) is 11.1 Å². The fourth-order valence-corrected chi connectivity index (χ4v) is 1.95. The Bertz CT molecular complexity index is 639. The molecule has 2 aromatic carbocycles. The second-order valence-corrected chi connectivity index (χ2v) is 4.57. The summed E-state index contributed by atoms with van der Waals surface area (Å²) in [5.74, 6) is -0.184. The molecule has 0 saturated carbocycles. The number of ketones is 1.